The molecule has 0 radical (unpaired) electrons. The number of rotatable bonds is 14. The number of hydrogen-bond acceptors (Lipinski definition) is 8. The second-order valence-corrected chi connectivity index (χ2v) is 7.69. The number of carboxylic acids is 1. The third-order valence-electron chi connectivity index (χ3n) is 4.70. The van der Waals surface area contributed by atoms with Crippen LogP contribution in [0.1, 0.15) is 32.4 Å². The molecule has 0 aliphatic heterocycles. The molecule has 1 rings (SSSR count). The van der Waals surface area contributed by atoms with Gasteiger partial charge in [-0.3, -0.25) is 24.2 Å². The molecule has 12 N–H and O–H groups in total. The van der Waals surface area contributed by atoms with Crippen molar-refractivity contribution in [3.63, 3.8) is 0 Å². The molecule has 0 fully saturated rings. The zero-order valence-electron chi connectivity index (χ0n) is 19.0. The van der Waals surface area contributed by atoms with Crippen molar-refractivity contribution in [1.82, 2.24) is 25.9 Å². The van der Waals surface area contributed by atoms with Crippen LogP contribution in [0.2, 0.25) is 0 Å². The van der Waals surface area contributed by atoms with E-state index in [1.54, 1.807) is 0 Å². The Kier molecular flexibility index (Phi) is 11.4. The predicted octanol–water partition coefficient (Wildman–Crippen LogP) is -3.73. The lowest BCUT2D eigenvalue weighted by Crippen LogP contribution is -2.59. The van der Waals surface area contributed by atoms with Crippen molar-refractivity contribution in [2.75, 3.05) is 6.54 Å². The SMILES string of the molecule is CC(NC(=O)C(NC(=O)C(CCCN=C(N)N)NC(=O)C(N)Cc1cnc[nH]1)C(C)O)C(=O)O. The van der Waals surface area contributed by atoms with Crippen molar-refractivity contribution in [1.29, 1.82) is 0 Å². The number of carbonyl (C=O) groups excluding carboxylic acids is 3. The molecule has 5 unspecified atom stereocenters. The Morgan fingerprint density at radius 1 is 1.12 bits per heavy atom. The normalized spacial score (nSPS) is 15.2. The average Bonchev–Trinajstić information content (AvgIpc) is 3.26. The van der Waals surface area contributed by atoms with E-state index < -0.39 is 54.0 Å². The first-order valence-electron chi connectivity index (χ1n) is 10.5. The molecule has 0 saturated heterocycles. The van der Waals surface area contributed by atoms with Crippen LogP contribution in [0.3, 0.4) is 0 Å². The predicted molar refractivity (Wildman–Crippen MR) is 121 cm³/mol. The number of carbonyl (C=O) groups is 4. The highest BCUT2D eigenvalue weighted by Crippen LogP contribution is 2.04. The molecule has 1 aromatic heterocycles. The number of nitrogens with one attached hydrogen (secondary N) is 4. The lowest BCUT2D eigenvalue weighted by atomic mass is 10.1. The van der Waals surface area contributed by atoms with E-state index in [-0.39, 0.29) is 25.3 Å². The van der Waals surface area contributed by atoms with Gasteiger partial charge < -0.3 is 48.3 Å². The highest BCUT2D eigenvalue weighted by Gasteiger charge is 2.31. The number of imidazole rings is 1. The maximum absolute atomic E-state index is 12.9. The maximum atomic E-state index is 12.9. The number of nitrogens with two attached hydrogens (primary N) is 3. The first kappa shape index (κ1) is 28.3. The van der Waals surface area contributed by atoms with Crippen LogP contribution >= 0.6 is 0 Å². The first-order valence-corrected chi connectivity index (χ1v) is 10.5. The Balaban J connectivity index is 2.91. The van der Waals surface area contributed by atoms with Gasteiger partial charge >= 0.3 is 5.97 Å². The number of aromatic amines is 1. The van der Waals surface area contributed by atoms with Crippen LogP contribution in [0.4, 0.5) is 0 Å². The summed E-state index contributed by atoms with van der Waals surface area (Å²) < 4.78 is 0. The largest absolute Gasteiger partial charge is 0.480 e. The zero-order valence-corrected chi connectivity index (χ0v) is 19.0. The van der Waals surface area contributed by atoms with Crippen molar-refractivity contribution >= 4 is 29.7 Å². The van der Waals surface area contributed by atoms with Crippen LogP contribution in [0.5, 0.6) is 0 Å². The summed E-state index contributed by atoms with van der Waals surface area (Å²) in [6.45, 7) is 2.66. The molecule has 0 bridgehead atoms. The molecule has 0 aliphatic carbocycles. The molecule has 5 atom stereocenters. The number of nitrogens with zero attached hydrogens (tertiary/aromatic N) is 2. The number of H-pyrrole nitrogens is 1. The van der Waals surface area contributed by atoms with Gasteiger partial charge in [0.05, 0.1) is 18.5 Å². The number of hydrogen-bond donors (Lipinski definition) is 9. The molecule has 190 valence electrons. The van der Waals surface area contributed by atoms with Gasteiger partial charge in [0.25, 0.3) is 0 Å². The third-order valence-corrected chi connectivity index (χ3v) is 4.70. The van der Waals surface area contributed by atoms with Gasteiger partial charge in [-0.05, 0) is 26.7 Å². The van der Waals surface area contributed by atoms with Crippen molar-refractivity contribution in [3.8, 4) is 0 Å². The van der Waals surface area contributed by atoms with E-state index in [9.17, 15) is 24.3 Å². The summed E-state index contributed by atoms with van der Waals surface area (Å²) in [5.41, 5.74) is 17.1. The summed E-state index contributed by atoms with van der Waals surface area (Å²) in [5.74, 6) is -3.74. The fourth-order valence-electron chi connectivity index (χ4n) is 2.80. The van der Waals surface area contributed by atoms with Gasteiger partial charge in [0.15, 0.2) is 5.96 Å². The van der Waals surface area contributed by atoms with Crippen molar-refractivity contribution in [2.24, 2.45) is 22.2 Å². The topological polar surface area (TPSA) is 264 Å². The number of aliphatic imine (C=N–C) groups is 1. The standard InChI is InChI=1S/C19H33N9O6/c1-9(18(33)34)26-17(32)14(10(2)29)28-16(31)13(4-3-5-24-19(21)22)27-15(30)12(20)6-11-7-23-8-25-11/h7-10,12-14,29H,3-6,20H2,1-2H3,(H,23,25)(H,26,32)(H,27,30)(H,28,31)(H,33,34)(H4,21,22,24). The van der Waals surface area contributed by atoms with E-state index in [1.807, 2.05) is 0 Å². The Hall–Kier alpha value is -3.72. The van der Waals surface area contributed by atoms with E-state index in [4.69, 9.17) is 22.3 Å². The van der Waals surface area contributed by atoms with Gasteiger partial charge in [0.1, 0.15) is 18.1 Å². The number of aliphatic hydroxyl groups is 1. The first-order chi connectivity index (χ1) is 15.9. The summed E-state index contributed by atoms with van der Waals surface area (Å²) in [6.07, 6.45) is 2.12. The molecule has 0 aromatic carbocycles. The Labute approximate surface area is 195 Å². The smallest absolute Gasteiger partial charge is 0.325 e. The molecule has 0 aliphatic rings. The van der Waals surface area contributed by atoms with E-state index >= 15 is 0 Å². The Bertz CT molecular complexity index is 854. The van der Waals surface area contributed by atoms with Gasteiger partial charge in [0, 0.05) is 24.9 Å². The zero-order chi connectivity index (χ0) is 25.8. The maximum Gasteiger partial charge on any atom is 0.325 e. The minimum atomic E-state index is -1.47. The van der Waals surface area contributed by atoms with Gasteiger partial charge in [-0.25, -0.2) is 4.98 Å². The van der Waals surface area contributed by atoms with Gasteiger partial charge in [-0.15, -0.1) is 0 Å². The van der Waals surface area contributed by atoms with E-state index in [2.05, 4.69) is 30.9 Å². The van der Waals surface area contributed by atoms with Crippen LogP contribution in [-0.4, -0.2) is 86.6 Å². The number of guanidine groups is 1. The Morgan fingerprint density at radius 3 is 2.32 bits per heavy atom. The minimum Gasteiger partial charge on any atom is -0.480 e. The lowest BCUT2D eigenvalue weighted by molar-refractivity contribution is -0.142. The second-order valence-electron chi connectivity index (χ2n) is 7.69. The van der Waals surface area contributed by atoms with Gasteiger partial charge in [-0.2, -0.15) is 0 Å². The fourth-order valence-corrected chi connectivity index (χ4v) is 2.80. The number of carboxylic acid groups (broad SMARTS) is 1. The number of aliphatic carboxylic acids is 1. The van der Waals surface area contributed by atoms with E-state index in [0.29, 0.717) is 12.1 Å². The lowest BCUT2D eigenvalue weighted by Gasteiger charge is -2.26. The summed E-state index contributed by atoms with van der Waals surface area (Å²) in [7, 11) is 0. The van der Waals surface area contributed by atoms with Crippen LogP contribution in [0.25, 0.3) is 0 Å². The van der Waals surface area contributed by atoms with E-state index in [0.717, 1.165) is 0 Å². The monoisotopic (exact) mass is 483 g/mol. The molecule has 0 saturated carbocycles. The van der Waals surface area contributed by atoms with Crippen LogP contribution < -0.4 is 33.2 Å². The van der Waals surface area contributed by atoms with Gasteiger partial charge in [0.2, 0.25) is 17.7 Å². The van der Waals surface area contributed by atoms with E-state index in [1.165, 1.54) is 26.4 Å². The highest BCUT2D eigenvalue weighted by molar-refractivity contribution is 5.94. The molecule has 34 heavy (non-hydrogen) atoms. The van der Waals surface area contributed by atoms with Crippen molar-refractivity contribution in [3.05, 3.63) is 18.2 Å². The Morgan fingerprint density at radius 2 is 1.79 bits per heavy atom. The molecule has 15 heteroatoms. The highest BCUT2D eigenvalue weighted by atomic mass is 16.4. The molecule has 0 spiro atoms. The second kappa shape index (κ2) is 13.7. The third kappa shape index (κ3) is 9.83. The molecule has 1 heterocycles. The van der Waals surface area contributed by atoms with Crippen LogP contribution in [-0.2, 0) is 25.6 Å². The summed E-state index contributed by atoms with van der Waals surface area (Å²) >= 11 is 0. The average molecular weight is 484 g/mol. The van der Waals surface area contributed by atoms with Gasteiger partial charge in [-0.1, -0.05) is 0 Å². The van der Waals surface area contributed by atoms with Crippen molar-refractivity contribution in [2.45, 2.75) is 63.4 Å². The molecule has 15 nitrogen and oxygen atoms in total. The molecular formula is C19H33N9O6. The number of amides is 3. The molecule has 3 amide bonds. The minimum absolute atomic E-state index is 0.0881. The quantitative estimate of drug-likeness (QED) is 0.0709. The molecule has 1 aromatic rings. The number of aromatic nitrogens is 2. The van der Waals surface area contributed by atoms with Crippen LogP contribution in [0, 0.1) is 0 Å². The molecular weight excluding hydrogens is 450 g/mol. The fraction of sp³-hybridized carbons (Fsp3) is 0.579. The summed E-state index contributed by atoms with van der Waals surface area (Å²) in [6, 6.07) is -4.85. The number of aliphatic hydroxyl groups excluding tert-OH is 1. The van der Waals surface area contributed by atoms with Crippen LogP contribution in [0.15, 0.2) is 17.5 Å². The van der Waals surface area contributed by atoms with Crippen molar-refractivity contribution < 1.29 is 29.4 Å². The summed E-state index contributed by atoms with van der Waals surface area (Å²) in [5, 5.41) is 26.0. The summed E-state index contributed by atoms with van der Waals surface area (Å²) in [4.78, 5) is 59.4.